The lowest BCUT2D eigenvalue weighted by Gasteiger charge is -2.07. The van der Waals surface area contributed by atoms with Gasteiger partial charge in [-0.1, -0.05) is 12.1 Å². The predicted molar refractivity (Wildman–Crippen MR) is 129 cm³/mol. The van der Waals surface area contributed by atoms with Crippen LogP contribution in [0, 0.1) is 19.7 Å². The number of aromatic amines is 1. The molecule has 6 nitrogen and oxygen atoms in total. The van der Waals surface area contributed by atoms with Crippen molar-refractivity contribution in [3.63, 3.8) is 0 Å². The molecule has 0 aliphatic rings. The predicted octanol–water partition coefficient (Wildman–Crippen LogP) is 5.16. The number of imidazole rings is 2. The molecule has 0 unspecified atom stereocenters. The van der Waals surface area contributed by atoms with Gasteiger partial charge in [0, 0.05) is 29.9 Å². The molecule has 0 aliphatic heterocycles. The molecule has 0 aliphatic carbocycles. The summed E-state index contributed by atoms with van der Waals surface area (Å²) < 4.78 is 15.4. The third-order valence-electron chi connectivity index (χ3n) is 5.09. The van der Waals surface area contributed by atoms with Crippen molar-refractivity contribution in [1.29, 1.82) is 0 Å². The van der Waals surface area contributed by atoms with Gasteiger partial charge in [0.15, 0.2) is 0 Å². The molecular weight excluding hydrogens is 441 g/mol. The van der Waals surface area contributed by atoms with Crippen LogP contribution in [0.1, 0.15) is 33.1 Å². The van der Waals surface area contributed by atoms with Crippen molar-refractivity contribution in [2.45, 2.75) is 13.8 Å². The smallest absolute Gasteiger partial charge is 0.270 e. The minimum absolute atomic E-state index is 0.298. The van der Waals surface area contributed by atoms with E-state index in [1.165, 1.54) is 12.1 Å². The number of nitrogens with one attached hydrogen (secondary N) is 2. The first-order valence-corrected chi connectivity index (χ1v) is 11.0. The summed E-state index contributed by atoms with van der Waals surface area (Å²) in [7, 11) is 0. The third kappa shape index (κ3) is 5.21. The Morgan fingerprint density at radius 1 is 1.18 bits per heavy atom. The van der Waals surface area contributed by atoms with Gasteiger partial charge in [0.2, 0.25) is 0 Å². The first kappa shape index (κ1) is 22.5. The third-order valence-corrected chi connectivity index (χ3v) is 5.28. The molecule has 8 heteroatoms. The number of carbonyl (C=O) groups is 1. The van der Waals surface area contributed by atoms with Crippen molar-refractivity contribution >= 4 is 29.7 Å². The van der Waals surface area contributed by atoms with Gasteiger partial charge in [-0.3, -0.25) is 4.79 Å². The largest absolute Gasteiger partial charge is 0.350 e. The second-order valence-corrected chi connectivity index (χ2v) is 7.98. The van der Waals surface area contributed by atoms with Crippen LogP contribution in [0.5, 0.6) is 0 Å². The van der Waals surface area contributed by atoms with Gasteiger partial charge in [-0.25, -0.2) is 14.4 Å². The molecule has 0 atom stereocenters. The van der Waals surface area contributed by atoms with Crippen LogP contribution in [0.2, 0.25) is 0 Å². The van der Waals surface area contributed by atoms with Gasteiger partial charge in [0.25, 0.3) is 5.91 Å². The summed E-state index contributed by atoms with van der Waals surface area (Å²) in [5.74, 6) is 0.134. The highest BCUT2D eigenvalue weighted by Crippen LogP contribution is 2.24. The zero-order chi connectivity index (χ0) is 23.4. The second-order valence-electron chi connectivity index (χ2n) is 7.60. The fraction of sp³-hybridized carbons (Fsp3) is 0.160. The molecule has 4 rings (SSSR count). The number of hydrogen-bond acceptors (Lipinski definition) is 3. The number of benzene rings is 2. The van der Waals surface area contributed by atoms with Gasteiger partial charge >= 0.3 is 0 Å². The Morgan fingerprint density at radius 3 is 2.64 bits per heavy atom. The van der Waals surface area contributed by atoms with Crippen LogP contribution in [-0.2, 0) is 0 Å². The van der Waals surface area contributed by atoms with E-state index in [0.717, 1.165) is 22.5 Å². The second kappa shape index (κ2) is 9.83. The molecule has 1 amide bonds. The number of nitrogens with zero attached hydrogens (tertiary/aromatic N) is 3. The van der Waals surface area contributed by atoms with Gasteiger partial charge in [0.05, 0.1) is 12.0 Å². The Kier molecular flexibility index (Phi) is 6.70. The Labute approximate surface area is 196 Å². The lowest BCUT2D eigenvalue weighted by atomic mass is 10.1. The minimum atomic E-state index is -0.354. The van der Waals surface area contributed by atoms with E-state index in [2.05, 4.69) is 26.3 Å². The topological polar surface area (TPSA) is 75.6 Å². The molecule has 0 spiro atoms. The summed E-state index contributed by atoms with van der Waals surface area (Å²) in [6, 6.07) is 12.0. The molecule has 0 saturated heterocycles. The molecule has 0 bridgehead atoms. The number of amides is 1. The maximum absolute atomic E-state index is 13.4. The van der Waals surface area contributed by atoms with E-state index in [-0.39, 0.29) is 11.7 Å². The Morgan fingerprint density at radius 2 is 1.97 bits per heavy atom. The lowest BCUT2D eigenvalue weighted by Crippen LogP contribution is -2.26. The summed E-state index contributed by atoms with van der Waals surface area (Å²) in [4.78, 5) is 24.5. The highest BCUT2D eigenvalue weighted by atomic mass is 35.5. The Bertz CT molecular complexity index is 1310. The van der Waals surface area contributed by atoms with Crippen molar-refractivity contribution < 1.29 is 9.18 Å². The first-order valence-electron chi connectivity index (χ1n) is 10.4. The number of carbonyl (C=O) groups excluding carboxylic acids is 1. The Hall–Kier alpha value is -3.71. The summed E-state index contributed by atoms with van der Waals surface area (Å²) in [5.41, 5.74) is 5.49. The number of aryl methyl sites for hydroxylation is 2. The van der Waals surface area contributed by atoms with Crippen molar-refractivity contribution in [3.8, 4) is 16.9 Å². The van der Waals surface area contributed by atoms with E-state index in [0.29, 0.717) is 35.2 Å². The minimum Gasteiger partial charge on any atom is -0.350 e. The van der Waals surface area contributed by atoms with Crippen LogP contribution in [0.4, 0.5) is 4.39 Å². The van der Waals surface area contributed by atoms with Crippen LogP contribution in [0.15, 0.2) is 55.0 Å². The molecule has 2 N–H and O–H groups in total. The van der Waals surface area contributed by atoms with Crippen LogP contribution in [-0.4, -0.2) is 37.9 Å². The zero-order valence-corrected chi connectivity index (χ0v) is 19.0. The maximum Gasteiger partial charge on any atom is 0.270 e. The molecule has 2 heterocycles. The number of hydrogen-bond donors (Lipinski definition) is 2. The van der Waals surface area contributed by atoms with Gasteiger partial charge in [0.1, 0.15) is 23.0 Å². The summed E-state index contributed by atoms with van der Waals surface area (Å²) >= 11 is 5.70. The highest BCUT2D eigenvalue weighted by Gasteiger charge is 2.18. The molecule has 33 heavy (non-hydrogen) atoms. The monoisotopic (exact) mass is 463 g/mol. The Balaban J connectivity index is 1.63. The van der Waals surface area contributed by atoms with Crippen molar-refractivity contribution in [2.24, 2.45) is 0 Å². The van der Waals surface area contributed by atoms with Crippen molar-refractivity contribution in [1.82, 2.24) is 24.8 Å². The molecule has 0 saturated carbocycles. The van der Waals surface area contributed by atoms with Gasteiger partial charge in [-0.05, 0) is 67.4 Å². The molecule has 168 valence electrons. The van der Waals surface area contributed by atoms with E-state index in [1.807, 2.05) is 42.8 Å². The maximum atomic E-state index is 13.4. The highest BCUT2D eigenvalue weighted by molar-refractivity contribution is 6.18. The number of rotatable bonds is 7. The van der Waals surface area contributed by atoms with Gasteiger partial charge in [-0.15, -0.1) is 11.6 Å². The van der Waals surface area contributed by atoms with E-state index >= 15 is 0 Å². The fourth-order valence-electron chi connectivity index (χ4n) is 3.50. The summed E-state index contributed by atoms with van der Waals surface area (Å²) in [5, 5.41) is 2.74. The van der Waals surface area contributed by atoms with Crippen LogP contribution in [0.3, 0.4) is 0 Å². The lowest BCUT2D eigenvalue weighted by molar-refractivity contribution is 0.0952. The van der Waals surface area contributed by atoms with Gasteiger partial charge < -0.3 is 14.9 Å². The summed E-state index contributed by atoms with van der Waals surface area (Å²) in [6.07, 6.45) is 7.50. The SMILES string of the molecule is Cc1cn(-c2ccc(/C=C/c3nc(-c4ccc(F)cc4)c(C(=O)NCCCl)[nH]3)cc2C)cn1. The number of H-pyrrole nitrogens is 1. The summed E-state index contributed by atoms with van der Waals surface area (Å²) in [6.45, 7) is 4.33. The van der Waals surface area contributed by atoms with E-state index < -0.39 is 0 Å². The van der Waals surface area contributed by atoms with E-state index in [4.69, 9.17) is 11.6 Å². The van der Waals surface area contributed by atoms with Crippen molar-refractivity contribution in [2.75, 3.05) is 12.4 Å². The molecule has 0 radical (unpaired) electrons. The van der Waals surface area contributed by atoms with Crippen molar-refractivity contribution in [3.05, 3.63) is 89.1 Å². The number of alkyl halides is 1. The number of aromatic nitrogens is 4. The molecule has 2 aromatic heterocycles. The zero-order valence-electron chi connectivity index (χ0n) is 18.3. The average Bonchev–Trinajstić information content (AvgIpc) is 3.43. The van der Waals surface area contributed by atoms with Crippen LogP contribution < -0.4 is 5.32 Å². The quantitative estimate of drug-likeness (QED) is 0.372. The fourth-order valence-corrected chi connectivity index (χ4v) is 3.60. The average molecular weight is 464 g/mol. The first-order chi connectivity index (χ1) is 15.9. The molecule has 4 aromatic rings. The standard InChI is InChI=1S/C25H23ClFN5O/c1-16-13-18(3-9-21(16)32-14-17(2)29-15-32)4-10-22-30-23(19-5-7-20(27)8-6-19)24(31-22)25(33)28-12-11-26/h3-10,13-15H,11-12H2,1-2H3,(H,28,33)(H,30,31)/b10-4+. The molecular formula is C25H23ClFN5O. The van der Waals surface area contributed by atoms with E-state index in [1.54, 1.807) is 24.5 Å². The molecule has 2 aromatic carbocycles. The number of halogens is 2. The van der Waals surface area contributed by atoms with Gasteiger partial charge in [-0.2, -0.15) is 0 Å². The van der Waals surface area contributed by atoms with Crippen LogP contribution in [0.25, 0.3) is 29.1 Å². The molecule has 0 fully saturated rings. The van der Waals surface area contributed by atoms with E-state index in [9.17, 15) is 9.18 Å². The van der Waals surface area contributed by atoms with Crippen LogP contribution >= 0.6 is 11.6 Å². The normalized spacial score (nSPS) is 11.3.